The smallest absolute Gasteiger partial charge is 0.266 e. The Morgan fingerprint density at radius 2 is 2.03 bits per heavy atom. The van der Waals surface area contributed by atoms with Gasteiger partial charge in [-0.25, -0.2) is 4.98 Å². The molecule has 2 aromatic heterocycles. The summed E-state index contributed by atoms with van der Waals surface area (Å²) in [5.41, 5.74) is 1.84. The molecule has 0 saturated carbocycles. The van der Waals surface area contributed by atoms with Crippen LogP contribution in [-0.2, 0) is 11.3 Å². The molecular weight excluding hydrogens is 412 g/mol. The molecule has 0 unspecified atom stereocenters. The lowest BCUT2D eigenvalue weighted by atomic mass is 10.2. The minimum Gasteiger partial charge on any atom is -0.492 e. The second kappa shape index (κ2) is 9.61. The summed E-state index contributed by atoms with van der Waals surface area (Å²) in [7, 11) is 0. The Morgan fingerprint density at radius 1 is 1.16 bits per heavy atom. The summed E-state index contributed by atoms with van der Waals surface area (Å²) < 4.78 is 14.2. The molecule has 7 nitrogen and oxygen atoms in total. The first-order valence-corrected chi connectivity index (χ1v) is 11.0. The van der Waals surface area contributed by atoms with Gasteiger partial charge in [0.15, 0.2) is 11.7 Å². The highest BCUT2D eigenvalue weighted by Gasteiger charge is 2.21. The molecule has 2 aromatic carbocycles. The third-order valence-corrected chi connectivity index (χ3v) is 5.71. The second-order valence-electron chi connectivity index (χ2n) is 6.95. The van der Waals surface area contributed by atoms with Crippen LogP contribution in [0.15, 0.2) is 60.9 Å². The summed E-state index contributed by atoms with van der Waals surface area (Å²) in [5.74, 6) is 1.23. The Bertz CT molecular complexity index is 1160. The van der Waals surface area contributed by atoms with Crippen molar-refractivity contribution >= 4 is 32.6 Å². The Balaban J connectivity index is 1.58. The van der Waals surface area contributed by atoms with Crippen molar-refractivity contribution in [2.75, 3.05) is 24.7 Å². The maximum Gasteiger partial charge on any atom is 0.266 e. The first-order valence-electron chi connectivity index (χ1n) is 10.1. The van der Waals surface area contributed by atoms with Gasteiger partial charge >= 0.3 is 0 Å². The number of anilines is 1. The summed E-state index contributed by atoms with van der Waals surface area (Å²) in [4.78, 5) is 19.6. The van der Waals surface area contributed by atoms with Crippen molar-refractivity contribution in [3.8, 4) is 11.5 Å². The molecule has 0 aliphatic rings. The number of rotatable bonds is 9. The Kier molecular flexibility index (Phi) is 6.47. The number of nitrogens with zero attached hydrogens (tertiary/aromatic N) is 4. The molecule has 0 fully saturated rings. The molecule has 2 heterocycles. The molecule has 31 heavy (non-hydrogen) atoms. The van der Waals surface area contributed by atoms with Crippen molar-refractivity contribution in [1.29, 1.82) is 0 Å². The molecule has 160 valence electrons. The van der Waals surface area contributed by atoms with Gasteiger partial charge in [-0.1, -0.05) is 29.5 Å². The van der Waals surface area contributed by atoms with Gasteiger partial charge in [0.1, 0.15) is 17.0 Å². The average Bonchev–Trinajstić information content (AvgIpc) is 3.43. The molecule has 8 heteroatoms. The zero-order valence-electron chi connectivity index (χ0n) is 17.5. The number of carbonyl (C=O) groups excluding carboxylic acids is 1. The van der Waals surface area contributed by atoms with Crippen LogP contribution >= 0.6 is 11.3 Å². The summed E-state index contributed by atoms with van der Waals surface area (Å²) >= 11 is 1.46. The van der Waals surface area contributed by atoms with Crippen LogP contribution in [0.3, 0.4) is 0 Å². The topological polar surface area (TPSA) is 69.5 Å². The molecule has 0 spiro atoms. The van der Waals surface area contributed by atoms with E-state index in [2.05, 4.69) is 5.10 Å². The van der Waals surface area contributed by atoms with E-state index in [-0.39, 0.29) is 12.5 Å². The third kappa shape index (κ3) is 5.03. The molecule has 0 saturated heterocycles. The highest BCUT2D eigenvalue weighted by molar-refractivity contribution is 7.22. The van der Waals surface area contributed by atoms with Crippen molar-refractivity contribution in [1.82, 2.24) is 14.8 Å². The van der Waals surface area contributed by atoms with E-state index in [1.807, 2.05) is 68.6 Å². The van der Waals surface area contributed by atoms with Gasteiger partial charge in [0.05, 0.1) is 17.9 Å². The van der Waals surface area contributed by atoms with Crippen LogP contribution in [0.25, 0.3) is 10.2 Å². The molecule has 1 amide bonds. The number of carbonyl (C=O) groups is 1. The fourth-order valence-corrected chi connectivity index (χ4v) is 4.22. The monoisotopic (exact) mass is 436 g/mol. The Labute approximate surface area is 184 Å². The lowest BCUT2D eigenvalue weighted by molar-refractivity contribution is -0.120. The van der Waals surface area contributed by atoms with E-state index in [0.717, 1.165) is 21.5 Å². The molecule has 4 rings (SSSR count). The van der Waals surface area contributed by atoms with Gasteiger partial charge in [-0.2, -0.15) is 5.10 Å². The fraction of sp³-hybridized carbons (Fsp3) is 0.261. The number of para-hydroxylation sites is 1. The molecule has 0 N–H and O–H groups in total. The summed E-state index contributed by atoms with van der Waals surface area (Å²) in [6.45, 7) is 5.39. The quantitative estimate of drug-likeness (QED) is 0.391. The third-order valence-electron chi connectivity index (χ3n) is 4.67. The van der Waals surface area contributed by atoms with Gasteiger partial charge in [0.2, 0.25) is 0 Å². The first-order chi connectivity index (χ1) is 15.1. The van der Waals surface area contributed by atoms with Crippen LogP contribution in [0.5, 0.6) is 11.5 Å². The molecule has 0 aliphatic heterocycles. The maximum absolute atomic E-state index is 13.2. The Hall–Kier alpha value is -3.39. The minimum atomic E-state index is -0.161. The number of hydrogen-bond acceptors (Lipinski definition) is 6. The minimum absolute atomic E-state index is 0.0726. The molecule has 0 aliphatic carbocycles. The van der Waals surface area contributed by atoms with E-state index >= 15 is 0 Å². The lowest BCUT2D eigenvalue weighted by Crippen LogP contribution is -2.37. The van der Waals surface area contributed by atoms with Gasteiger partial charge < -0.3 is 9.47 Å². The van der Waals surface area contributed by atoms with Gasteiger partial charge in [0.25, 0.3) is 5.91 Å². The van der Waals surface area contributed by atoms with E-state index in [1.165, 1.54) is 11.3 Å². The molecule has 0 bridgehead atoms. The van der Waals surface area contributed by atoms with Gasteiger partial charge in [-0.3, -0.25) is 14.4 Å². The van der Waals surface area contributed by atoms with Crippen LogP contribution < -0.4 is 14.4 Å². The van der Waals surface area contributed by atoms with Crippen LogP contribution in [0.4, 0.5) is 5.13 Å². The van der Waals surface area contributed by atoms with E-state index in [4.69, 9.17) is 14.5 Å². The van der Waals surface area contributed by atoms with Crippen molar-refractivity contribution in [2.24, 2.45) is 0 Å². The van der Waals surface area contributed by atoms with Gasteiger partial charge in [-0.05, 0) is 49.7 Å². The SMILES string of the molecule is CCOc1cccc2sc(N(CCn3cccn3)C(=O)COc3cccc(C)c3)nc12. The van der Waals surface area contributed by atoms with Crippen molar-refractivity contribution in [3.63, 3.8) is 0 Å². The second-order valence-corrected chi connectivity index (χ2v) is 7.96. The van der Waals surface area contributed by atoms with Crippen molar-refractivity contribution in [2.45, 2.75) is 20.4 Å². The summed E-state index contributed by atoms with van der Waals surface area (Å²) in [5, 5.41) is 4.85. The first kappa shape index (κ1) is 20.9. The molecule has 4 aromatic rings. The number of amides is 1. The van der Waals surface area contributed by atoms with E-state index in [0.29, 0.717) is 30.6 Å². The van der Waals surface area contributed by atoms with Crippen LogP contribution in [-0.4, -0.2) is 40.4 Å². The highest BCUT2D eigenvalue weighted by Crippen LogP contribution is 2.34. The average molecular weight is 437 g/mol. The number of benzene rings is 2. The molecule has 0 atom stereocenters. The maximum atomic E-state index is 13.2. The van der Waals surface area contributed by atoms with Gasteiger partial charge in [-0.15, -0.1) is 0 Å². The number of aryl methyl sites for hydroxylation is 1. The summed E-state index contributed by atoms with van der Waals surface area (Å²) in [6, 6.07) is 15.3. The molecule has 0 radical (unpaired) electrons. The van der Waals surface area contributed by atoms with Crippen LogP contribution in [0, 0.1) is 6.92 Å². The number of hydrogen-bond donors (Lipinski definition) is 0. The highest BCUT2D eigenvalue weighted by atomic mass is 32.1. The number of aromatic nitrogens is 3. The normalized spacial score (nSPS) is 10.9. The van der Waals surface area contributed by atoms with E-state index in [1.54, 1.807) is 15.8 Å². The predicted octanol–water partition coefficient (Wildman–Crippen LogP) is 4.31. The Morgan fingerprint density at radius 3 is 2.81 bits per heavy atom. The van der Waals surface area contributed by atoms with Crippen LogP contribution in [0.2, 0.25) is 0 Å². The predicted molar refractivity (Wildman–Crippen MR) is 122 cm³/mol. The van der Waals surface area contributed by atoms with Crippen LogP contribution in [0.1, 0.15) is 12.5 Å². The van der Waals surface area contributed by atoms with Gasteiger partial charge in [0, 0.05) is 18.9 Å². The number of fused-ring (bicyclic) bond motifs is 1. The lowest BCUT2D eigenvalue weighted by Gasteiger charge is -2.20. The largest absolute Gasteiger partial charge is 0.492 e. The zero-order valence-corrected chi connectivity index (χ0v) is 18.3. The summed E-state index contributed by atoms with van der Waals surface area (Å²) in [6.07, 6.45) is 3.59. The number of ether oxygens (including phenoxy) is 2. The van der Waals surface area contributed by atoms with E-state index < -0.39 is 0 Å². The fourth-order valence-electron chi connectivity index (χ4n) is 3.19. The zero-order chi connectivity index (χ0) is 21.6. The number of thiazole rings is 1. The van der Waals surface area contributed by atoms with Crippen molar-refractivity contribution < 1.29 is 14.3 Å². The van der Waals surface area contributed by atoms with Crippen molar-refractivity contribution in [3.05, 3.63) is 66.5 Å². The molecular formula is C23H24N4O3S. The van der Waals surface area contributed by atoms with E-state index in [9.17, 15) is 4.79 Å². The standard InChI is InChI=1S/C23H24N4O3S/c1-3-29-19-9-5-10-20-22(19)25-23(31-20)27(14-13-26-12-6-11-24-26)21(28)16-30-18-8-4-7-17(2)15-18/h4-12,15H,3,13-14,16H2,1-2H3.